The molecule has 1 fully saturated rings. The first-order valence-electron chi connectivity index (χ1n) is 10.4. The Hall–Kier alpha value is -2.58. The summed E-state index contributed by atoms with van der Waals surface area (Å²) in [5.74, 6) is 2.94. The maximum atomic E-state index is 12.7. The van der Waals surface area contributed by atoms with E-state index in [4.69, 9.17) is 15.2 Å². The predicted molar refractivity (Wildman–Crippen MR) is 112 cm³/mol. The molecule has 8 heteroatoms. The molecule has 0 amide bonds. The first-order chi connectivity index (χ1) is 14.2. The number of para-hydroxylation sites is 1. The highest BCUT2D eigenvalue weighted by atomic mass is 16.5. The predicted octanol–water partition coefficient (Wildman–Crippen LogP) is 2.77. The average Bonchev–Trinajstić information content (AvgIpc) is 2.75. The van der Waals surface area contributed by atoms with Crippen LogP contribution >= 0.6 is 0 Å². The number of nitrogens with zero attached hydrogens (tertiary/aromatic N) is 2. The van der Waals surface area contributed by atoms with Crippen LogP contribution in [0.1, 0.15) is 38.6 Å². The van der Waals surface area contributed by atoms with Crippen LogP contribution in [-0.2, 0) is 0 Å². The molecule has 0 atom stereocenters. The Balaban J connectivity index is 1.52. The van der Waals surface area contributed by atoms with Gasteiger partial charge in [-0.15, -0.1) is 0 Å². The number of rotatable bonds is 7. The van der Waals surface area contributed by atoms with Crippen molar-refractivity contribution in [3.63, 3.8) is 0 Å². The lowest BCUT2D eigenvalue weighted by Crippen LogP contribution is -2.32. The van der Waals surface area contributed by atoms with Gasteiger partial charge in [-0.05, 0) is 56.8 Å². The van der Waals surface area contributed by atoms with Crippen molar-refractivity contribution in [2.75, 3.05) is 31.6 Å². The smallest absolute Gasteiger partial charge is 0.350 e. The van der Waals surface area contributed by atoms with Crippen molar-refractivity contribution in [3.8, 4) is 17.2 Å². The highest BCUT2D eigenvalue weighted by Gasteiger charge is 2.27. The van der Waals surface area contributed by atoms with Gasteiger partial charge in [0, 0.05) is 12.6 Å². The fourth-order valence-electron chi connectivity index (χ4n) is 4.10. The number of ether oxygens (including phenoxy) is 2. The van der Waals surface area contributed by atoms with E-state index in [-0.39, 0.29) is 11.7 Å². The van der Waals surface area contributed by atoms with Crippen molar-refractivity contribution in [2.45, 2.75) is 38.6 Å². The molecule has 4 rings (SSSR count). The number of aromatic nitrogens is 2. The second-order valence-corrected chi connectivity index (χ2v) is 7.62. The molecule has 1 aliphatic heterocycles. The van der Waals surface area contributed by atoms with E-state index >= 15 is 0 Å². The molecule has 0 spiro atoms. The topological polar surface area (TPSA) is 103 Å². The molecule has 1 saturated carbocycles. The van der Waals surface area contributed by atoms with Crippen LogP contribution in [0.15, 0.2) is 29.2 Å². The zero-order valence-electron chi connectivity index (χ0n) is 16.8. The molecule has 156 valence electrons. The van der Waals surface area contributed by atoms with Gasteiger partial charge in [-0.2, -0.15) is 4.98 Å². The van der Waals surface area contributed by atoms with Gasteiger partial charge in [0.25, 0.3) is 0 Å². The van der Waals surface area contributed by atoms with Crippen molar-refractivity contribution >= 4 is 11.5 Å². The van der Waals surface area contributed by atoms with Gasteiger partial charge < -0.3 is 25.8 Å². The molecular formula is C21H29N5O3. The van der Waals surface area contributed by atoms with E-state index in [1.54, 1.807) is 10.8 Å². The Labute approximate surface area is 170 Å². The molecule has 0 unspecified atom stereocenters. The van der Waals surface area contributed by atoms with Gasteiger partial charge in [-0.3, -0.25) is 4.57 Å². The average molecular weight is 399 g/mol. The fraction of sp³-hybridized carbons (Fsp3) is 0.524. The van der Waals surface area contributed by atoms with Gasteiger partial charge in [0.2, 0.25) is 0 Å². The summed E-state index contributed by atoms with van der Waals surface area (Å²) in [6.07, 6.45) is 5.99. The van der Waals surface area contributed by atoms with Crippen molar-refractivity contribution in [1.29, 1.82) is 0 Å². The summed E-state index contributed by atoms with van der Waals surface area (Å²) in [5.41, 5.74) is 5.95. The quantitative estimate of drug-likeness (QED) is 0.561. The minimum atomic E-state index is -0.251. The van der Waals surface area contributed by atoms with Gasteiger partial charge >= 0.3 is 5.69 Å². The number of benzene rings is 1. The normalized spacial score (nSPS) is 20.2. The van der Waals surface area contributed by atoms with E-state index < -0.39 is 0 Å². The van der Waals surface area contributed by atoms with Crippen LogP contribution in [0.3, 0.4) is 0 Å². The van der Waals surface area contributed by atoms with Crippen LogP contribution < -0.4 is 31.5 Å². The molecule has 0 bridgehead atoms. The molecule has 2 aliphatic rings. The highest BCUT2D eigenvalue weighted by molar-refractivity contribution is 5.77. The van der Waals surface area contributed by atoms with Gasteiger partial charge in [0.05, 0.1) is 6.20 Å². The molecule has 1 aromatic heterocycles. The van der Waals surface area contributed by atoms with Crippen LogP contribution in [0.5, 0.6) is 17.2 Å². The second kappa shape index (κ2) is 8.84. The molecule has 8 nitrogen and oxygen atoms in total. The lowest BCUT2D eigenvalue weighted by molar-refractivity contribution is 0.262. The van der Waals surface area contributed by atoms with Crippen molar-refractivity contribution in [1.82, 2.24) is 14.9 Å². The zero-order chi connectivity index (χ0) is 20.2. The summed E-state index contributed by atoms with van der Waals surface area (Å²) in [4.78, 5) is 17.0. The first kappa shape index (κ1) is 19.7. The molecule has 1 aliphatic carbocycles. The highest BCUT2D eigenvalue weighted by Crippen LogP contribution is 2.45. The maximum Gasteiger partial charge on any atom is 0.350 e. The van der Waals surface area contributed by atoms with Gasteiger partial charge in [0.15, 0.2) is 17.3 Å². The molecule has 4 N–H and O–H groups in total. The van der Waals surface area contributed by atoms with Crippen molar-refractivity contribution in [2.24, 2.45) is 11.7 Å². The van der Waals surface area contributed by atoms with E-state index in [1.165, 1.54) is 0 Å². The third kappa shape index (κ3) is 4.23. The van der Waals surface area contributed by atoms with Gasteiger partial charge in [-0.25, -0.2) is 4.79 Å². The number of anilines is 2. The van der Waals surface area contributed by atoms with Crippen LogP contribution in [-0.4, -0.2) is 35.8 Å². The van der Waals surface area contributed by atoms with E-state index in [2.05, 4.69) is 22.5 Å². The van der Waals surface area contributed by atoms with Crippen LogP contribution in [0.2, 0.25) is 0 Å². The molecule has 29 heavy (non-hydrogen) atoms. The van der Waals surface area contributed by atoms with Crippen molar-refractivity contribution in [3.05, 3.63) is 34.9 Å². The van der Waals surface area contributed by atoms with Crippen LogP contribution in [0.25, 0.3) is 0 Å². The first-order valence-corrected chi connectivity index (χ1v) is 10.4. The molecule has 0 radical (unpaired) electrons. The Bertz CT molecular complexity index is 906. The van der Waals surface area contributed by atoms with E-state index in [0.29, 0.717) is 47.8 Å². The number of nitrogens with one attached hydrogen (secondary N) is 2. The number of fused-ring (bicyclic) bond motifs is 2. The van der Waals surface area contributed by atoms with Gasteiger partial charge in [-0.1, -0.05) is 13.0 Å². The van der Waals surface area contributed by atoms with Crippen LogP contribution in [0.4, 0.5) is 11.5 Å². The molecule has 2 heterocycles. The largest absolute Gasteiger partial charge is 0.490 e. The number of hydrogen-bond donors (Lipinski definition) is 3. The summed E-state index contributed by atoms with van der Waals surface area (Å²) >= 11 is 0. The van der Waals surface area contributed by atoms with Crippen molar-refractivity contribution < 1.29 is 9.47 Å². The summed E-state index contributed by atoms with van der Waals surface area (Å²) in [6, 6.07) is 5.74. The van der Waals surface area contributed by atoms with Crippen LogP contribution in [0, 0.1) is 5.92 Å². The monoisotopic (exact) mass is 399 g/mol. The Morgan fingerprint density at radius 2 is 2.14 bits per heavy atom. The molecular weight excluding hydrogens is 370 g/mol. The lowest BCUT2D eigenvalue weighted by Gasteiger charge is -2.30. The second-order valence-electron chi connectivity index (χ2n) is 7.62. The summed E-state index contributed by atoms with van der Waals surface area (Å²) in [5, 5.41) is 6.62. The molecule has 1 aromatic carbocycles. The third-order valence-corrected chi connectivity index (χ3v) is 5.64. The lowest BCUT2D eigenvalue weighted by atomic mass is 9.86. The summed E-state index contributed by atoms with van der Waals surface area (Å²) in [7, 11) is 0. The third-order valence-electron chi connectivity index (χ3n) is 5.64. The minimum Gasteiger partial charge on any atom is -0.490 e. The zero-order valence-corrected chi connectivity index (χ0v) is 16.8. The summed E-state index contributed by atoms with van der Waals surface area (Å²) in [6.45, 7) is 5.00. The molecule has 2 aromatic rings. The number of nitrogens with two attached hydrogens (primary N) is 1. The maximum absolute atomic E-state index is 12.7. The minimum absolute atomic E-state index is 0.169. The number of hydrogen-bond acceptors (Lipinski definition) is 7. The van der Waals surface area contributed by atoms with E-state index in [9.17, 15) is 4.79 Å². The standard InChI is InChI=1S/C21H29N5O3/c1-2-23-12-14-6-8-15(9-7-14)26-13-18-20(25-21(26)27)24-19-16(28-11-10-22)4-3-5-17(19)29-18/h3-5,13-15,23H,2,6-12,22H2,1H3,(H,24,25,27)/t14-,15-. The van der Waals surface area contributed by atoms with E-state index in [1.807, 2.05) is 18.2 Å². The summed E-state index contributed by atoms with van der Waals surface area (Å²) < 4.78 is 13.5. The SMILES string of the molecule is CCNC[C@H]1CC[C@H](n2cc3c(nc2=O)Nc2c(OCCN)cccc2O3)CC1. The van der Waals surface area contributed by atoms with E-state index in [0.717, 1.165) is 38.8 Å². The van der Waals surface area contributed by atoms with Gasteiger partial charge in [0.1, 0.15) is 18.0 Å². The Morgan fingerprint density at radius 1 is 1.31 bits per heavy atom. The Kier molecular flexibility index (Phi) is 6.01. The fourth-order valence-corrected chi connectivity index (χ4v) is 4.10. The Morgan fingerprint density at radius 3 is 2.90 bits per heavy atom. The molecule has 0 saturated heterocycles.